The Kier molecular flexibility index (Phi) is 10.7. The molecule has 1 aliphatic heterocycles. The summed E-state index contributed by atoms with van der Waals surface area (Å²) in [7, 11) is 4.15. The number of carbonyl (C=O) groups is 2. The average molecular weight is 600 g/mol. The topological polar surface area (TPSA) is 114 Å². The molecule has 2 atom stereocenters. The zero-order valence-corrected chi connectivity index (χ0v) is 23.0. The van der Waals surface area contributed by atoms with Gasteiger partial charge in [-0.1, -0.05) is 24.3 Å². The van der Waals surface area contributed by atoms with Gasteiger partial charge in [-0.05, 0) is 65.0 Å². The van der Waals surface area contributed by atoms with Crippen molar-refractivity contribution in [2.24, 2.45) is 0 Å². The van der Waals surface area contributed by atoms with Crippen LogP contribution in [-0.4, -0.2) is 87.7 Å². The van der Waals surface area contributed by atoms with E-state index in [2.05, 4.69) is 67.0 Å². The van der Waals surface area contributed by atoms with Gasteiger partial charge < -0.3 is 20.2 Å². The summed E-state index contributed by atoms with van der Waals surface area (Å²) in [6, 6.07) is 8.78. The van der Waals surface area contributed by atoms with E-state index in [0.29, 0.717) is 0 Å². The number of nitrogens with zero attached hydrogens (tertiary/aromatic N) is 3. The Hall–Kier alpha value is -2.75. The summed E-state index contributed by atoms with van der Waals surface area (Å²) in [4.78, 5) is 28.4. The number of fused-ring (bicyclic) bond motifs is 2. The number of halogens is 6. The van der Waals surface area contributed by atoms with Crippen LogP contribution in [0.25, 0.3) is 0 Å². The average Bonchev–Trinajstić information content (AvgIpc) is 3.27. The molecule has 1 aromatic heterocycles. The van der Waals surface area contributed by atoms with Crippen molar-refractivity contribution in [1.82, 2.24) is 14.8 Å². The molecule has 1 aliphatic carbocycles. The highest BCUT2D eigenvalue weighted by molar-refractivity contribution is 7.11. The van der Waals surface area contributed by atoms with Crippen molar-refractivity contribution < 1.29 is 51.3 Å². The summed E-state index contributed by atoms with van der Waals surface area (Å²) >= 11 is 1.82. The van der Waals surface area contributed by atoms with Gasteiger partial charge >= 0.3 is 24.3 Å². The Labute approximate surface area is 230 Å². The Balaban J connectivity index is 0.000000333. The van der Waals surface area contributed by atoms with E-state index in [-0.39, 0.29) is 17.6 Å². The second-order valence-corrected chi connectivity index (χ2v) is 11.0. The van der Waals surface area contributed by atoms with Crippen molar-refractivity contribution in [2.75, 3.05) is 27.2 Å². The van der Waals surface area contributed by atoms with Crippen LogP contribution in [0, 0.1) is 13.8 Å². The standard InChI is InChI=1S/C21H29N3OS.2C2HF3O2/c1-14-18(26-15(2)22-14)13-24-11-9-21(10-12-24)17-8-6-5-7-16(17)19(20(21)25)23(3)4;2*3-2(4,5)1(6)7/h5-8,19-20,25H,9-13H2,1-4H3;2*(H,6,7)/t19-,20+;;/m1../s1. The number of alkyl halides is 6. The smallest absolute Gasteiger partial charge is 0.475 e. The number of aliphatic hydroxyl groups excluding tert-OH is 1. The van der Waals surface area contributed by atoms with Crippen LogP contribution in [0.1, 0.15) is 45.6 Å². The highest BCUT2D eigenvalue weighted by Gasteiger charge is 2.53. The van der Waals surface area contributed by atoms with Gasteiger partial charge in [-0.3, -0.25) is 4.90 Å². The van der Waals surface area contributed by atoms with Crippen LogP contribution in [0.2, 0.25) is 0 Å². The van der Waals surface area contributed by atoms with E-state index in [0.717, 1.165) is 37.5 Å². The second-order valence-electron chi connectivity index (χ2n) is 9.72. The Morgan fingerprint density at radius 2 is 1.50 bits per heavy atom. The van der Waals surface area contributed by atoms with Crippen molar-refractivity contribution in [3.05, 3.63) is 51.0 Å². The number of likely N-dealkylation sites (N-methyl/N-ethyl adjacent to an activating group) is 1. The van der Waals surface area contributed by atoms with Crippen molar-refractivity contribution >= 4 is 23.3 Å². The number of rotatable bonds is 3. The third-order valence-electron chi connectivity index (χ3n) is 6.84. The molecule has 0 radical (unpaired) electrons. The summed E-state index contributed by atoms with van der Waals surface area (Å²) < 4.78 is 63.5. The molecular weight excluding hydrogens is 568 g/mol. The fourth-order valence-electron chi connectivity index (χ4n) is 5.00. The lowest BCUT2D eigenvalue weighted by Gasteiger charge is -2.43. The van der Waals surface area contributed by atoms with Gasteiger partial charge in [-0.2, -0.15) is 26.3 Å². The minimum Gasteiger partial charge on any atom is -0.475 e. The van der Waals surface area contributed by atoms with Crippen LogP contribution < -0.4 is 0 Å². The number of thiazole rings is 1. The third-order valence-corrected chi connectivity index (χ3v) is 7.90. The Morgan fingerprint density at radius 1 is 1.02 bits per heavy atom. The van der Waals surface area contributed by atoms with E-state index in [1.165, 1.54) is 21.7 Å². The fraction of sp³-hybridized carbons (Fsp3) is 0.560. The van der Waals surface area contributed by atoms with Gasteiger partial charge in [0, 0.05) is 16.8 Å². The van der Waals surface area contributed by atoms with E-state index in [9.17, 15) is 31.4 Å². The number of aliphatic carboxylic acids is 2. The van der Waals surface area contributed by atoms with Crippen LogP contribution in [0.5, 0.6) is 0 Å². The van der Waals surface area contributed by atoms with Gasteiger partial charge in [0.25, 0.3) is 0 Å². The first-order chi connectivity index (χ1) is 18.3. The van der Waals surface area contributed by atoms with Gasteiger partial charge in [-0.15, -0.1) is 11.3 Å². The molecule has 1 spiro atoms. The molecule has 1 aromatic carbocycles. The highest BCUT2D eigenvalue weighted by atomic mass is 32.1. The maximum Gasteiger partial charge on any atom is 0.490 e. The summed E-state index contributed by atoms with van der Waals surface area (Å²) in [5.74, 6) is -5.51. The number of piperidine rings is 1. The van der Waals surface area contributed by atoms with Crippen molar-refractivity contribution in [1.29, 1.82) is 0 Å². The van der Waals surface area contributed by atoms with Gasteiger partial charge in [0.15, 0.2) is 0 Å². The molecule has 1 fully saturated rings. The number of aliphatic hydroxyl groups is 1. The van der Waals surface area contributed by atoms with Crippen molar-refractivity contribution in [3.63, 3.8) is 0 Å². The predicted molar refractivity (Wildman–Crippen MR) is 134 cm³/mol. The number of likely N-dealkylation sites (tertiary alicyclic amines) is 1. The number of carboxylic acid groups (broad SMARTS) is 2. The molecule has 2 aliphatic rings. The lowest BCUT2D eigenvalue weighted by Crippen LogP contribution is -2.48. The fourth-order valence-corrected chi connectivity index (χ4v) is 5.98. The van der Waals surface area contributed by atoms with Crippen LogP contribution in [-0.2, 0) is 21.5 Å². The van der Waals surface area contributed by atoms with Gasteiger partial charge in [0.1, 0.15) is 0 Å². The third kappa shape index (κ3) is 7.92. The number of aromatic nitrogens is 1. The van der Waals surface area contributed by atoms with Crippen LogP contribution in [0.15, 0.2) is 24.3 Å². The summed E-state index contributed by atoms with van der Waals surface area (Å²) in [5, 5.41) is 26.7. The minimum absolute atomic E-state index is 0.0965. The van der Waals surface area contributed by atoms with Crippen LogP contribution in [0.3, 0.4) is 0 Å². The number of hydrogen-bond acceptors (Lipinski definition) is 7. The molecule has 224 valence electrons. The summed E-state index contributed by atoms with van der Waals surface area (Å²) in [6.45, 7) is 7.24. The first-order valence-corrected chi connectivity index (χ1v) is 12.8. The van der Waals surface area contributed by atoms with E-state index in [4.69, 9.17) is 19.8 Å². The Bertz CT molecular complexity index is 1150. The molecule has 1 saturated heterocycles. The van der Waals surface area contributed by atoms with Crippen LogP contribution >= 0.6 is 11.3 Å². The maximum atomic E-state index is 11.3. The highest BCUT2D eigenvalue weighted by Crippen LogP contribution is 2.52. The zero-order valence-electron chi connectivity index (χ0n) is 22.2. The summed E-state index contributed by atoms with van der Waals surface area (Å²) in [6.07, 6.45) is -8.46. The molecular formula is C25H31F6N3O5S. The molecule has 0 unspecified atom stereocenters. The van der Waals surface area contributed by atoms with Crippen LogP contribution in [0.4, 0.5) is 26.3 Å². The number of aryl methyl sites for hydroxylation is 2. The molecule has 4 rings (SSSR count). The molecule has 3 N–H and O–H groups in total. The first-order valence-electron chi connectivity index (χ1n) is 12.0. The quantitative estimate of drug-likeness (QED) is 0.441. The number of benzene rings is 1. The van der Waals surface area contributed by atoms with Gasteiger partial charge in [-0.25, -0.2) is 14.6 Å². The van der Waals surface area contributed by atoms with Crippen molar-refractivity contribution in [2.45, 2.75) is 63.1 Å². The monoisotopic (exact) mass is 599 g/mol. The van der Waals surface area contributed by atoms with E-state index < -0.39 is 24.3 Å². The van der Waals surface area contributed by atoms with E-state index in [1.807, 2.05) is 11.3 Å². The zero-order chi connectivity index (χ0) is 30.6. The molecule has 0 bridgehead atoms. The molecule has 2 heterocycles. The van der Waals surface area contributed by atoms with Gasteiger partial charge in [0.05, 0.1) is 22.8 Å². The normalized spacial score (nSPS) is 20.3. The van der Waals surface area contributed by atoms with E-state index in [1.54, 1.807) is 0 Å². The first kappa shape index (κ1) is 33.5. The lowest BCUT2D eigenvalue weighted by atomic mass is 9.72. The van der Waals surface area contributed by atoms with Gasteiger partial charge in [0.2, 0.25) is 0 Å². The summed E-state index contributed by atoms with van der Waals surface area (Å²) in [5.41, 5.74) is 3.76. The number of carboxylic acids is 2. The number of hydrogen-bond donors (Lipinski definition) is 3. The maximum absolute atomic E-state index is 11.3. The molecule has 2 aromatic rings. The SMILES string of the molecule is Cc1nc(C)c(CN2CCC3(CC2)c2ccccc2[C@@H](N(C)C)[C@@H]3O)s1.O=C(O)C(F)(F)F.O=C(O)C(F)(F)F. The molecule has 0 amide bonds. The largest absolute Gasteiger partial charge is 0.490 e. The molecule has 15 heteroatoms. The molecule has 40 heavy (non-hydrogen) atoms. The second kappa shape index (κ2) is 12.8. The van der Waals surface area contributed by atoms with E-state index >= 15 is 0 Å². The predicted octanol–water partition coefficient (Wildman–Crippen LogP) is 4.54. The lowest BCUT2D eigenvalue weighted by molar-refractivity contribution is -0.193. The molecule has 8 nitrogen and oxygen atoms in total. The minimum atomic E-state index is -5.08. The molecule has 0 saturated carbocycles. The van der Waals surface area contributed by atoms with Crippen molar-refractivity contribution in [3.8, 4) is 0 Å². The Morgan fingerprint density at radius 3 is 1.90 bits per heavy atom.